The van der Waals surface area contributed by atoms with E-state index in [1.807, 2.05) is 11.9 Å². The minimum absolute atomic E-state index is 0.239. The Morgan fingerprint density at radius 2 is 1.74 bits per heavy atom. The Bertz CT molecular complexity index is 1250. The quantitative estimate of drug-likeness (QED) is 0.255. The third kappa shape index (κ3) is 5.52. The van der Waals surface area contributed by atoms with Gasteiger partial charge in [-0.25, -0.2) is 4.39 Å². The first-order chi connectivity index (χ1) is 16.4. The van der Waals surface area contributed by atoms with Gasteiger partial charge in [-0.3, -0.25) is 4.79 Å². The number of anilines is 2. The van der Waals surface area contributed by atoms with Crippen LogP contribution in [0.3, 0.4) is 0 Å². The maximum Gasteiger partial charge on any atom is 0.416 e. The fourth-order valence-electron chi connectivity index (χ4n) is 4.01. The molecule has 184 valence electrons. The van der Waals surface area contributed by atoms with Gasteiger partial charge in [-0.15, -0.1) is 23.2 Å². The molecule has 0 aliphatic heterocycles. The number of nitrogens with one attached hydrogen (secondary N) is 1. The van der Waals surface area contributed by atoms with E-state index in [0.29, 0.717) is 22.8 Å². The van der Waals surface area contributed by atoms with Crippen molar-refractivity contribution >= 4 is 52.1 Å². The molecular weight excluding hydrogens is 527 g/mol. The van der Waals surface area contributed by atoms with E-state index in [4.69, 9.17) is 34.8 Å². The molecule has 0 bridgehead atoms. The van der Waals surface area contributed by atoms with Gasteiger partial charge in [0.05, 0.1) is 11.5 Å². The highest BCUT2D eigenvalue weighted by Gasteiger charge is 2.67. The number of alkyl halides is 5. The predicted molar refractivity (Wildman–Crippen MR) is 131 cm³/mol. The zero-order valence-corrected chi connectivity index (χ0v) is 20.5. The Kier molecular flexibility index (Phi) is 6.97. The second kappa shape index (κ2) is 9.52. The van der Waals surface area contributed by atoms with Gasteiger partial charge in [0.25, 0.3) is 0 Å². The fraction of sp³-hybridized carbons (Fsp3) is 0.240. The Labute approximate surface area is 214 Å². The van der Waals surface area contributed by atoms with Crippen LogP contribution in [0, 0.1) is 11.7 Å². The Hall–Kier alpha value is -2.48. The smallest absolute Gasteiger partial charge is 0.370 e. The van der Waals surface area contributed by atoms with Crippen molar-refractivity contribution in [2.45, 2.75) is 23.0 Å². The molecule has 3 aromatic rings. The first-order valence-corrected chi connectivity index (χ1v) is 11.6. The van der Waals surface area contributed by atoms with Gasteiger partial charge in [0.1, 0.15) is 10.2 Å². The highest BCUT2D eigenvalue weighted by atomic mass is 35.5. The molecule has 1 aliphatic rings. The molecule has 1 aliphatic carbocycles. The number of hydrogen-bond acceptors (Lipinski definition) is 2. The zero-order valence-electron chi connectivity index (χ0n) is 18.2. The van der Waals surface area contributed by atoms with E-state index >= 15 is 0 Å². The Morgan fingerprint density at radius 3 is 2.40 bits per heavy atom. The third-order valence-corrected chi connectivity index (χ3v) is 7.21. The lowest BCUT2D eigenvalue weighted by atomic mass is 10.1. The molecule has 0 aromatic heterocycles. The van der Waals surface area contributed by atoms with Gasteiger partial charge < -0.3 is 10.2 Å². The SMILES string of the molecule is CN(Cc1cc(NC(=O)C2C(c3cccc(C(F)(F)F)c3)C2(Cl)Cl)ccc1Cl)c1ccc(F)cc1. The van der Waals surface area contributed by atoms with Crippen molar-refractivity contribution in [3.05, 3.63) is 94.3 Å². The molecule has 0 heterocycles. The molecule has 0 radical (unpaired) electrons. The maximum absolute atomic E-state index is 13.2. The van der Waals surface area contributed by atoms with Crippen LogP contribution < -0.4 is 10.2 Å². The van der Waals surface area contributed by atoms with Crippen LogP contribution in [0.4, 0.5) is 28.9 Å². The number of nitrogens with zero attached hydrogens (tertiary/aromatic N) is 1. The lowest BCUT2D eigenvalue weighted by Crippen LogP contribution is -2.19. The summed E-state index contributed by atoms with van der Waals surface area (Å²) in [7, 11) is 1.81. The average Bonchev–Trinajstić information content (AvgIpc) is 3.38. The van der Waals surface area contributed by atoms with Crippen molar-refractivity contribution in [3.8, 4) is 0 Å². The molecule has 1 amide bonds. The zero-order chi connectivity index (χ0) is 25.5. The number of benzene rings is 3. The maximum atomic E-state index is 13.2. The number of carbonyl (C=O) groups is 1. The minimum atomic E-state index is -4.52. The summed E-state index contributed by atoms with van der Waals surface area (Å²) in [6.45, 7) is 0.374. The van der Waals surface area contributed by atoms with Gasteiger partial charge in [0.2, 0.25) is 5.91 Å². The van der Waals surface area contributed by atoms with E-state index in [0.717, 1.165) is 17.8 Å². The topological polar surface area (TPSA) is 32.3 Å². The van der Waals surface area contributed by atoms with Gasteiger partial charge in [-0.1, -0.05) is 29.8 Å². The number of amides is 1. The van der Waals surface area contributed by atoms with Crippen LogP contribution in [0.2, 0.25) is 5.02 Å². The van der Waals surface area contributed by atoms with E-state index in [2.05, 4.69) is 5.32 Å². The average molecular weight is 546 g/mol. The first kappa shape index (κ1) is 25.6. The van der Waals surface area contributed by atoms with Crippen LogP contribution in [-0.4, -0.2) is 17.3 Å². The van der Waals surface area contributed by atoms with Crippen molar-refractivity contribution in [2.75, 3.05) is 17.3 Å². The summed E-state index contributed by atoms with van der Waals surface area (Å²) in [4.78, 5) is 14.8. The molecule has 1 fully saturated rings. The van der Waals surface area contributed by atoms with Crippen LogP contribution in [0.15, 0.2) is 66.7 Å². The Morgan fingerprint density at radius 1 is 1.06 bits per heavy atom. The second-order valence-corrected chi connectivity index (χ2v) is 10.2. The summed E-state index contributed by atoms with van der Waals surface area (Å²) in [6, 6.07) is 15.5. The summed E-state index contributed by atoms with van der Waals surface area (Å²) in [5.74, 6) is -2.58. The van der Waals surface area contributed by atoms with Gasteiger partial charge in [0.15, 0.2) is 0 Å². The largest absolute Gasteiger partial charge is 0.416 e. The van der Waals surface area contributed by atoms with Crippen molar-refractivity contribution in [1.29, 1.82) is 0 Å². The first-order valence-electron chi connectivity index (χ1n) is 10.5. The second-order valence-electron chi connectivity index (χ2n) is 8.38. The highest BCUT2D eigenvalue weighted by Crippen LogP contribution is 2.65. The molecule has 35 heavy (non-hydrogen) atoms. The van der Waals surface area contributed by atoms with Crippen molar-refractivity contribution in [2.24, 2.45) is 5.92 Å². The van der Waals surface area contributed by atoms with Gasteiger partial charge in [-0.05, 0) is 59.7 Å². The lowest BCUT2D eigenvalue weighted by molar-refractivity contribution is -0.137. The summed E-state index contributed by atoms with van der Waals surface area (Å²) < 4.78 is 51.0. The molecule has 1 saturated carbocycles. The van der Waals surface area contributed by atoms with E-state index in [-0.39, 0.29) is 11.4 Å². The molecule has 3 nitrogen and oxygen atoms in total. The van der Waals surface area contributed by atoms with Crippen LogP contribution in [0.5, 0.6) is 0 Å². The highest BCUT2D eigenvalue weighted by molar-refractivity contribution is 6.53. The molecule has 10 heteroatoms. The number of rotatable bonds is 6. The number of carbonyl (C=O) groups excluding carboxylic acids is 1. The molecule has 0 saturated heterocycles. The number of hydrogen-bond donors (Lipinski definition) is 1. The van der Waals surface area contributed by atoms with Crippen LogP contribution in [-0.2, 0) is 17.5 Å². The Balaban J connectivity index is 1.49. The monoisotopic (exact) mass is 544 g/mol. The summed E-state index contributed by atoms with van der Waals surface area (Å²) in [5.41, 5.74) is 1.30. The van der Waals surface area contributed by atoms with E-state index in [9.17, 15) is 22.4 Å². The van der Waals surface area contributed by atoms with Crippen LogP contribution in [0.1, 0.15) is 22.6 Å². The molecule has 3 aromatic carbocycles. The van der Waals surface area contributed by atoms with Crippen LogP contribution in [0.25, 0.3) is 0 Å². The fourth-order valence-corrected chi connectivity index (χ4v) is 5.02. The third-order valence-electron chi connectivity index (χ3n) is 5.90. The van der Waals surface area contributed by atoms with E-state index in [1.165, 1.54) is 24.3 Å². The van der Waals surface area contributed by atoms with Crippen LogP contribution >= 0.6 is 34.8 Å². The molecule has 0 spiro atoms. The van der Waals surface area contributed by atoms with Crippen molar-refractivity contribution < 1.29 is 22.4 Å². The molecule has 2 atom stereocenters. The minimum Gasteiger partial charge on any atom is -0.370 e. The normalized spacial score (nSPS) is 18.7. The van der Waals surface area contributed by atoms with E-state index < -0.39 is 33.8 Å². The molecular formula is C25H19Cl3F4N2O. The summed E-state index contributed by atoms with van der Waals surface area (Å²) in [5, 5.41) is 3.20. The van der Waals surface area contributed by atoms with E-state index in [1.54, 1.807) is 30.3 Å². The molecule has 2 unspecified atom stereocenters. The summed E-state index contributed by atoms with van der Waals surface area (Å²) in [6.07, 6.45) is -4.52. The molecule has 4 rings (SSSR count). The molecule has 1 N–H and O–H groups in total. The standard InChI is InChI=1S/C25H19Cl3F4N2O/c1-34(19-8-5-17(29)6-9-19)13-15-12-18(7-10-20(15)26)33-23(35)22-21(24(22,27)28)14-3-2-4-16(11-14)25(30,31)32/h2-12,21-22H,13H2,1H3,(H,33,35). The lowest BCUT2D eigenvalue weighted by Gasteiger charge is -2.20. The van der Waals surface area contributed by atoms with Gasteiger partial charge in [-0.2, -0.15) is 13.2 Å². The van der Waals surface area contributed by atoms with Crippen molar-refractivity contribution in [3.63, 3.8) is 0 Å². The summed E-state index contributed by atoms with van der Waals surface area (Å²) >= 11 is 18.9. The van der Waals surface area contributed by atoms with Gasteiger partial charge >= 0.3 is 6.18 Å². The number of halogens is 7. The van der Waals surface area contributed by atoms with Crippen molar-refractivity contribution in [1.82, 2.24) is 0 Å². The predicted octanol–water partition coefficient (Wildman–Crippen LogP) is 7.66. The van der Waals surface area contributed by atoms with Gasteiger partial charge in [0, 0.05) is 35.9 Å².